The zero-order valence-corrected chi connectivity index (χ0v) is 30.1. The van der Waals surface area contributed by atoms with Gasteiger partial charge < -0.3 is 30.0 Å². The van der Waals surface area contributed by atoms with Gasteiger partial charge in [0.2, 0.25) is 0 Å². The maximum absolute atomic E-state index is 13.0. The van der Waals surface area contributed by atoms with Crippen LogP contribution in [0, 0.1) is 5.92 Å². The van der Waals surface area contributed by atoms with Gasteiger partial charge in [0.15, 0.2) is 6.29 Å². The van der Waals surface area contributed by atoms with Gasteiger partial charge >= 0.3 is 12.0 Å². The topological polar surface area (TPSA) is 109 Å². The van der Waals surface area contributed by atoms with Crippen molar-refractivity contribution in [3.8, 4) is 0 Å². The minimum Gasteiger partial charge on any atom is -0.467 e. The maximum Gasteiger partial charge on any atom is 0.328 e. The standard InChI is InChI=1S/C44H47N3O6/c1-31-40(29-47(27-33-14-8-4-9-15-33)28-34-16-10-5-11-17-34)52-43(53-41(31)36-20-18-35(30-48)19-21-36)37-22-24-38(25-23-37)45-44(50)46-39(42(49)51-2)26-32-12-6-3-7-13-32/h3-25,31,39-41,43,48H,26-30H2,1-2H3,(H2,45,46,50)/t31-,39+,40+,41+,43+/m1/s1. The lowest BCUT2D eigenvalue weighted by Crippen LogP contribution is -2.45. The molecule has 1 aliphatic rings. The van der Waals surface area contributed by atoms with Crippen LogP contribution in [0.4, 0.5) is 10.5 Å². The van der Waals surface area contributed by atoms with E-state index in [1.807, 2.05) is 78.9 Å². The molecule has 0 unspecified atom stereocenters. The van der Waals surface area contributed by atoms with Crippen molar-refractivity contribution in [3.05, 3.63) is 173 Å². The van der Waals surface area contributed by atoms with Gasteiger partial charge in [-0.25, -0.2) is 9.59 Å². The molecule has 274 valence electrons. The smallest absolute Gasteiger partial charge is 0.328 e. The monoisotopic (exact) mass is 713 g/mol. The average molecular weight is 714 g/mol. The van der Waals surface area contributed by atoms with Crippen LogP contribution >= 0.6 is 0 Å². The van der Waals surface area contributed by atoms with Gasteiger partial charge in [0.1, 0.15) is 6.04 Å². The van der Waals surface area contributed by atoms with Crippen LogP contribution in [0.15, 0.2) is 140 Å². The molecule has 6 rings (SSSR count). The van der Waals surface area contributed by atoms with Crippen LogP contribution in [0.5, 0.6) is 0 Å². The Bertz CT molecular complexity index is 1830. The Labute approximate surface area is 311 Å². The first-order chi connectivity index (χ1) is 25.9. The third kappa shape index (κ3) is 10.4. The van der Waals surface area contributed by atoms with Crippen LogP contribution in [0.3, 0.4) is 0 Å². The van der Waals surface area contributed by atoms with Crippen molar-refractivity contribution < 1.29 is 28.9 Å². The summed E-state index contributed by atoms with van der Waals surface area (Å²) in [5, 5.41) is 15.3. The molecular weight excluding hydrogens is 666 g/mol. The molecule has 53 heavy (non-hydrogen) atoms. The number of amides is 2. The van der Waals surface area contributed by atoms with E-state index in [0.29, 0.717) is 18.7 Å². The van der Waals surface area contributed by atoms with Gasteiger partial charge in [-0.15, -0.1) is 0 Å². The molecule has 0 spiro atoms. The largest absolute Gasteiger partial charge is 0.467 e. The molecule has 9 heteroatoms. The molecule has 3 N–H and O–H groups in total. The van der Waals surface area contributed by atoms with Crippen molar-refractivity contribution in [2.24, 2.45) is 5.92 Å². The number of benzene rings is 5. The van der Waals surface area contributed by atoms with Crippen LogP contribution in [0.2, 0.25) is 0 Å². The fraction of sp³-hybridized carbons (Fsp3) is 0.273. The molecule has 0 bridgehead atoms. The number of carbonyl (C=O) groups is 2. The quantitative estimate of drug-likeness (QED) is 0.102. The summed E-state index contributed by atoms with van der Waals surface area (Å²) in [5.41, 5.74) is 6.54. The number of nitrogens with one attached hydrogen (secondary N) is 2. The highest BCUT2D eigenvalue weighted by molar-refractivity contribution is 5.92. The van der Waals surface area contributed by atoms with Crippen LogP contribution in [0.25, 0.3) is 0 Å². The highest BCUT2D eigenvalue weighted by atomic mass is 16.7. The third-order valence-electron chi connectivity index (χ3n) is 9.57. The summed E-state index contributed by atoms with van der Waals surface area (Å²) in [5.74, 6) is -0.523. The Kier molecular flexibility index (Phi) is 13.0. The molecule has 2 amide bonds. The Morgan fingerprint density at radius 1 is 0.717 bits per heavy atom. The normalized spacial score (nSPS) is 18.9. The lowest BCUT2D eigenvalue weighted by Gasteiger charge is -2.43. The number of aliphatic hydroxyl groups excluding tert-OH is 1. The van der Waals surface area contributed by atoms with Gasteiger partial charge in [-0.3, -0.25) is 4.90 Å². The van der Waals surface area contributed by atoms with Crippen molar-refractivity contribution in [1.29, 1.82) is 0 Å². The average Bonchev–Trinajstić information content (AvgIpc) is 3.19. The number of methoxy groups -OCH3 is 1. The second-order valence-electron chi connectivity index (χ2n) is 13.4. The number of anilines is 1. The van der Waals surface area contributed by atoms with E-state index in [-0.39, 0.29) is 24.7 Å². The number of ether oxygens (including phenoxy) is 3. The number of nitrogens with zero attached hydrogens (tertiary/aromatic N) is 1. The maximum atomic E-state index is 13.0. The van der Waals surface area contributed by atoms with Crippen molar-refractivity contribution in [1.82, 2.24) is 10.2 Å². The minimum atomic E-state index is -0.851. The SMILES string of the molecule is COC(=O)[C@H](Cc1ccccc1)NC(=O)Nc1ccc([C@H]2O[C@@H](CN(Cc3ccccc3)Cc3ccccc3)[C@@H](C)[C@@H](c3ccc(CO)cc3)O2)cc1. The van der Waals surface area contributed by atoms with Gasteiger partial charge in [0.05, 0.1) is 25.9 Å². The summed E-state index contributed by atoms with van der Waals surface area (Å²) in [4.78, 5) is 27.9. The van der Waals surface area contributed by atoms with Crippen LogP contribution in [0.1, 0.15) is 52.7 Å². The van der Waals surface area contributed by atoms with Crippen molar-refractivity contribution in [2.45, 2.75) is 57.6 Å². The molecule has 1 fully saturated rings. The van der Waals surface area contributed by atoms with Crippen LogP contribution in [-0.4, -0.2) is 47.8 Å². The van der Waals surface area contributed by atoms with Gasteiger partial charge in [0.25, 0.3) is 0 Å². The van der Waals surface area contributed by atoms with E-state index in [2.05, 4.69) is 71.0 Å². The fourth-order valence-corrected chi connectivity index (χ4v) is 6.69. The Morgan fingerprint density at radius 2 is 1.26 bits per heavy atom. The molecular formula is C44H47N3O6. The Balaban J connectivity index is 1.20. The number of aliphatic hydroxyl groups is 1. The van der Waals surface area contributed by atoms with E-state index in [0.717, 1.165) is 35.3 Å². The minimum absolute atomic E-state index is 0.00329. The summed E-state index contributed by atoms with van der Waals surface area (Å²) in [7, 11) is 1.30. The molecule has 5 aromatic carbocycles. The molecule has 1 saturated heterocycles. The van der Waals surface area contributed by atoms with Crippen LogP contribution < -0.4 is 10.6 Å². The molecule has 5 aromatic rings. The highest BCUT2D eigenvalue weighted by Gasteiger charge is 2.39. The van der Waals surface area contributed by atoms with Gasteiger partial charge in [0, 0.05) is 43.2 Å². The van der Waals surface area contributed by atoms with Crippen LogP contribution in [-0.2, 0) is 45.1 Å². The number of carbonyl (C=O) groups excluding carboxylic acids is 2. The van der Waals surface area contributed by atoms with Gasteiger partial charge in [-0.2, -0.15) is 0 Å². The second kappa shape index (κ2) is 18.4. The zero-order valence-electron chi connectivity index (χ0n) is 30.1. The fourth-order valence-electron chi connectivity index (χ4n) is 6.69. The second-order valence-corrected chi connectivity index (χ2v) is 13.4. The zero-order chi connectivity index (χ0) is 37.0. The molecule has 0 saturated carbocycles. The number of rotatable bonds is 14. The first kappa shape index (κ1) is 37.4. The predicted molar refractivity (Wildman–Crippen MR) is 205 cm³/mol. The summed E-state index contributed by atoms with van der Waals surface area (Å²) in [6.45, 7) is 4.32. The van der Waals surface area contributed by atoms with E-state index in [9.17, 15) is 14.7 Å². The summed E-state index contributed by atoms with van der Waals surface area (Å²) >= 11 is 0. The Hall–Kier alpha value is -5.32. The lowest BCUT2D eigenvalue weighted by atomic mass is 9.89. The number of hydrogen-bond acceptors (Lipinski definition) is 7. The van der Waals surface area contributed by atoms with E-state index >= 15 is 0 Å². The molecule has 9 nitrogen and oxygen atoms in total. The highest BCUT2D eigenvalue weighted by Crippen LogP contribution is 2.42. The molecule has 5 atom stereocenters. The van der Waals surface area contributed by atoms with Gasteiger partial charge in [-0.1, -0.05) is 134 Å². The number of urea groups is 1. The molecule has 0 radical (unpaired) electrons. The van der Waals surface area contributed by atoms with Crippen molar-refractivity contribution >= 4 is 17.7 Å². The summed E-state index contributed by atoms with van der Waals surface area (Å²) < 4.78 is 18.5. The third-order valence-corrected chi connectivity index (χ3v) is 9.57. The molecule has 1 heterocycles. The van der Waals surface area contributed by atoms with Crippen molar-refractivity contribution in [3.63, 3.8) is 0 Å². The van der Waals surface area contributed by atoms with E-state index < -0.39 is 24.3 Å². The first-order valence-electron chi connectivity index (χ1n) is 18.0. The number of esters is 1. The van der Waals surface area contributed by atoms with E-state index in [4.69, 9.17) is 14.2 Å². The van der Waals surface area contributed by atoms with E-state index in [1.165, 1.54) is 18.2 Å². The Morgan fingerprint density at radius 3 is 1.81 bits per heavy atom. The number of hydrogen-bond donors (Lipinski definition) is 3. The lowest BCUT2D eigenvalue weighted by molar-refractivity contribution is -0.276. The molecule has 1 aliphatic heterocycles. The van der Waals surface area contributed by atoms with Gasteiger partial charge in [-0.05, 0) is 39.9 Å². The van der Waals surface area contributed by atoms with E-state index in [1.54, 1.807) is 12.1 Å². The predicted octanol–water partition coefficient (Wildman–Crippen LogP) is 7.58. The molecule has 0 aliphatic carbocycles. The van der Waals surface area contributed by atoms with Crippen molar-refractivity contribution in [2.75, 3.05) is 19.0 Å². The summed E-state index contributed by atoms with van der Waals surface area (Å²) in [6.07, 6.45) is -0.836. The molecule has 0 aromatic heterocycles. The summed E-state index contributed by atoms with van der Waals surface area (Å²) in [6, 6.07) is 44.2. The first-order valence-corrected chi connectivity index (χ1v) is 18.0.